The molecule has 10 heavy (non-hydrogen) atoms. The van der Waals surface area contributed by atoms with Gasteiger partial charge in [0.2, 0.25) is 0 Å². The van der Waals surface area contributed by atoms with Gasteiger partial charge in [0.05, 0.1) is 0 Å². The van der Waals surface area contributed by atoms with Crippen molar-refractivity contribution >= 4 is 0 Å². The fraction of sp³-hybridized carbons (Fsp3) is 0.600. The maximum absolute atomic E-state index is 5.22. The normalized spacial score (nSPS) is 10.5. The van der Waals surface area contributed by atoms with E-state index in [1.54, 1.807) is 6.08 Å². The molecular weight excluding hydrogens is 120 g/mol. The van der Waals surface area contributed by atoms with E-state index in [-0.39, 0.29) is 0 Å². The van der Waals surface area contributed by atoms with Crippen molar-refractivity contribution in [2.75, 3.05) is 0 Å². The summed E-state index contributed by atoms with van der Waals surface area (Å²) >= 11 is 0. The summed E-state index contributed by atoms with van der Waals surface area (Å²) in [6, 6.07) is 0. The smallest absolute Gasteiger partial charge is 0.0345 e. The number of rotatable bonds is 6. The van der Waals surface area contributed by atoms with Crippen LogP contribution in [0.15, 0.2) is 18.2 Å². The zero-order chi connectivity index (χ0) is 7.66. The summed E-state index contributed by atoms with van der Waals surface area (Å²) in [6.45, 7) is 7.41. The molecule has 57 valence electrons. The highest BCUT2D eigenvalue weighted by Crippen LogP contribution is 1.98. The quantitative estimate of drug-likeness (QED) is 0.388. The van der Waals surface area contributed by atoms with Crippen molar-refractivity contribution < 1.29 is 0 Å². The van der Waals surface area contributed by atoms with E-state index in [1.165, 1.54) is 25.7 Å². The second-order valence-corrected chi connectivity index (χ2v) is 2.43. The van der Waals surface area contributed by atoms with Crippen LogP contribution in [0.2, 0.25) is 0 Å². The highest BCUT2D eigenvalue weighted by atomic mass is 13.8. The van der Waals surface area contributed by atoms with Crippen molar-refractivity contribution in [2.24, 2.45) is 0 Å². The minimum Gasteiger partial charge on any atom is -0.0885 e. The van der Waals surface area contributed by atoms with Gasteiger partial charge in [0.1, 0.15) is 0 Å². The Balaban J connectivity index is 2.94. The van der Waals surface area contributed by atoms with Crippen LogP contribution < -0.4 is 0 Å². The van der Waals surface area contributed by atoms with E-state index in [1.807, 2.05) is 0 Å². The molecule has 0 saturated carbocycles. The molecular formula is C10H17. The Labute approximate surface area is 64.6 Å². The van der Waals surface area contributed by atoms with Gasteiger partial charge in [-0.15, -0.1) is 0 Å². The molecule has 0 bridgehead atoms. The van der Waals surface area contributed by atoms with E-state index < -0.39 is 0 Å². The van der Waals surface area contributed by atoms with Crippen molar-refractivity contribution in [1.29, 1.82) is 0 Å². The van der Waals surface area contributed by atoms with Gasteiger partial charge in [-0.1, -0.05) is 38.2 Å². The van der Waals surface area contributed by atoms with Gasteiger partial charge < -0.3 is 0 Å². The van der Waals surface area contributed by atoms with E-state index in [0.717, 1.165) is 6.42 Å². The van der Waals surface area contributed by atoms with E-state index in [2.05, 4.69) is 19.1 Å². The number of hydrogen-bond donors (Lipinski definition) is 0. The lowest BCUT2D eigenvalue weighted by atomic mass is 10.2. The lowest BCUT2D eigenvalue weighted by molar-refractivity contribution is 0.859. The monoisotopic (exact) mass is 137 g/mol. The average molecular weight is 137 g/mol. The first-order valence-corrected chi connectivity index (χ1v) is 4.10. The summed E-state index contributed by atoms with van der Waals surface area (Å²) in [4.78, 5) is 0. The van der Waals surface area contributed by atoms with E-state index in [9.17, 15) is 0 Å². The minimum atomic E-state index is 1.04. The van der Waals surface area contributed by atoms with Crippen LogP contribution in [-0.2, 0) is 0 Å². The van der Waals surface area contributed by atoms with E-state index >= 15 is 0 Å². The maximum Gasteiger partial charge on any atom is -0.0345 e. The maximum atomic E-state index is 5.22. The molecule has 0 aliphatic rings. The molecule has 0 aromatic rings. The molecule has 0 aliphatic heterocycles. The third kappa shape index (κ3) is 7.48. The second kappa shape index (κ2) is 8.48. The first kappa shape index (κ1) is 9.48. The molecule has 0 atom stereocenters. The summed E-state index contributed by atoms with van der Waals surface area (Å²) in [5, 5.41) is 0. The van der Waals surface area contributed by atoms with Crippen LogP contribution in [0, 0.1) is 6.58 Å². The van der Waals surface area contributed by atoms with Crippen molar-refractivity contribution in [3.05, 3.63) is 24.8 Å². The van der Waals surface area contributed by atoms with Crippen molar-refractivity contribution in [2.45, 2.75) is 39.0 Å². The Morgan fingerprint density at radius 1 is 1.10 bits per heavy atom. The number of allylic oxidation sites excluding steroid dienone is 3. The van der Waals surface area contributed by atoms with Crippen molar-refractivity contribution in [3.8, 4) is 0 Å². The summed E-state index contributed by atoms with van der Waals surface area (Å²) < 4.78 is 0. The van der Waals surface area contributed by atoms with Gasteiger partial charge >= 0.3 is 0 Å². The standard InChI is InChI=1S/C10H17/c1-3-5-7-9-10-8-6-4-2/h1,3,8,10H,4-7,9H2,2H3/b3-1?,10-8+. The second-order valence-electron chi connectivity index (χ2n) is 2.43. The molecule has 0 aliphatic carbocycles. The van der Waals surface area contributed by atoms with Crippen LogP contribution in [0.4, 0.5) is 0 Å². The Kier molecular flexibility index (Phi) is 8.04. The lowest BCUT2D eigenvalue weighted by Gasteiger charge is -1.88. The molecule has 0 N–H and O–H groups in total. The largest absolute Gasteiger partial charge is 0.0885 e. The third-order valence-electron chi connectivity index (χ3n) is 1.36. The van der Waals surface area contributed by atoms with Crippen LogP contribution in [-0.4, -0.2) is 0 Å². The van der Waals surface area contributed by atoms with Gasteiger partial charge in [0.15, 0.2) is 0 Å². The van der Waals surface area contributed by atoms with Crippen molar-refractivity contribution in [1.82, 2.24) is 0 Å². The van der Waals surface area contributed by atoms with Gasteiger partial charge in [0.25, 0.3) is 0 Å². The molecule has 0 heterocycles. The molecule has 0 saturated heterocycles. The van der Waals surface area contributed by atoms with Crippen LogP contribution in [0.5, 0.6) is 0 Å². The summed E-state index contributed by atoms with van der Waals surface area (Å²) in [6.07, 6.45) is 12.1. The Hall–Kier alpha value is -0.520. The van der Waals surface area contributed by atoms with Gasteiger partial charge in [-0.25, -0.2) is 0 Å². The number of hydrogen-bond acceptors (Lipinski definition) is 0. The first-order chi connectivity index (χ1) is 4.91. The third-order valence-corrected chi connectivity index (χ3v) is 1.36. The van der Waals surface area contributed by atoms with Crippen LogP contribution in [0.25, 0.3) is 0 Å². The minimum absolute atomic E-state index is 1.04. The zero-order valence-corrected chi connectivity index (χ0v) is 6.84. The molecule has 0 aromatic carbocycles. The Morgan fingerprint density at radius 2 is 1.80 bits per heavy atom. The predicted octanol–water partition coefficient (Wildman–Crippen LogP) is 3.50. The van der Waals surface area contributed by atoms with E-state index in [0.29, 0.717) is 0 Å². The molecule has 0 amide bonds. The molecule has 1 radical (unpaired) electrons. The van der Waals surface area contributed by atoms with E-state index in [4.69, 9.17) is 6.58 Å². The molecule has 0 rings (SSSR count). The van der Waals surface area contributed by atoms with Crippen molar-refractivity contribution in [3.63, 3.8) is 0 Å². The summed E-state index contributed by atoms with van der Waals surface area (Å²) in [5.74, 6) is 0. The highest BCUT2D eigenvalue weighted by molar-refractivity contribution is 4.81. The average Bonchev–Trinajstić information content (AvgIpc) is 1.97. The van der Waals surface area contributed by atoms with Crippen LogP contribution >= 0.6 is 0 Å². The van der Waals surface area contributed by atoms with Gasteiger partial charge in [-0.2, -0.15) is 0 Å². The molecule has 0 aromatic heterocycles. The molecule has 0 unspecified atom stereocenters. The molecule has 0 nitrogen and oxygen atoms in total. The summed E-state index contributed by atoms with van der Waals surface area (Å²) in [7, 11) is 0. The topological polar surface area (TPSA) is 0 Å². The van der Waals surface area contributed by atoms with Crippen LogP contribution in [0.3, 0.4) is 0 Å². The molecule has 0 spiro atoms. The fourth-order valence-corrected chi connectivity index (χ4v) is 0.756. The highest BCUT2D eigenvalue weighted by Gasteiger charge is 1.78. The summed E-state index contributed by atoms with van der Waals surface area (Å²) in [5.41, 5.74) is 0. The van der Waals surface area contributed by atoms with Gasteiger partial charge in [-0.05, 0) is 25.7 Å². The number of unbranched alkanes of at least 4 members (excludes halogenated alkanes) is 3. The van der Waals surface area contributed by atoms with Gasteiger partial charge in [0, 0.05) is 0 Å². The fourth-order valence-electron chi connectivity index (χ4n) is 0.756. The first-order valence-electron chi connectivity index (χ1n) is 4.10. The van der Waals surface area contributed by atoms with Gasteiger partial charge in [-0.3, -0.25) is 0 Å². The van der Waals surface area contributed by atoms with Crippen LogP contribution in [0.1, 0.15) is 39.0 Å². The Morgan fingerprint density at radius 3 is 2.40 bits per heavy atom. The Bertz CT molecular complexity index is 90.2. The zero-order valence-electron chi connectivity index (χ0n) is 6.84. The molecule has 0 fully saturated rings. The SMILES string of the molecule is [CH]=CCCC/C=C/CCC. The lowest BCUT2D eigenvalue weighted by Crippen LogP contribution is -1.68. The predicted molar refractivity (Wildman–Crippen MR) is 46.8 cm³/mol. The molecule has 0 heteroatoms.